The summed E-state index contributed by atoms with van der Waals surface area (Å²) >= 11 is 0. The van der Waals surface area contributed by atoms with Gasteiger partial charge in [0.25, 0.3) is 0 Å². The maximum Gasteiger partial charge on any atom is 0.472 e. The van der Waals surface area contributed by atoms with Crippen LogP contribution in [0, 0.1) is 5.92 Å². The summed E-state index contributed by atoms with van der Waals surface area (Å²) < 4.78 is 69.0. The van der Waals surface area contributed by atoms with E-state index < -0.39 is 97.5 Å². The Bertz CT molecular complexity index is 2070. The summed E-state index contributed by atoms with van der Waals surface area (Å²) in [6.45, 7) is 7.46. The van der Waals surface area contributed by atoms with Crippen LogP contribution in [0.4, 0.5) is 0 Å². The molecule has 0 aliphatic carbocycles. The molecule has 3 unspecified atom stereocenters. The smallest absolute Gasteiger partial charge is 0.462 e. The fourth-order valence-corrected chi connectivity index (χ4v) is 15.7. The van der Waals surface area contributed by atoms with Crippen molar-refractivity contribution in [2.75, 3.05) is 39.6 Å². The molecular formula is C90H176O17P2. The molecule has 0 aliphatic heterocycles. The van der Waals surface area contributed by atoms with Gasteiger partial charge in [0.15, 0.2) is 12.2 Å². The molecule has 3 N–H and O–H groups in total. The first-order valence-electron chi connectivity index (χ1n) is 46.7. The zero-order valence-corrected chi connectivity index (χ0v) is 73.5. The SMILES string of the molecule is CCCCCCCCCCCCCCCCCCCCC(=O)OC[C@H](COP(=O)(O)OC[C@@H](O)COP(=O)(O)OC[C@@H](COC(=O)CCCCCCCCCCCCC)OC(=O)CCCCCCCCCCCCCCCCCCCC)OC(=O)CCCCCCCCCCCCCCCCCCCCC(C)CC. The molecule has 0 bridgehead atoms. The van der Waals surface area contributed by atoms with E-state index in [1.165, 1.54) is 315 Å². The number of phosphoric ester groups is 2. The lowest BCUT2D eigenvalue weighted by Gasteiger charge is -2.21. The van der Waals surface area contributed by atoms with E-state index in [-0.39, 0.29) is 25.7 Å². The first-order valence-corrected chi connectivity index (χ1v) is 49.7. The second kappa shape index (κ2) is 82.6. The van der Waals surface area contributed by atoms with Crippen LogP contribution >= 0.6 is 15.6 Å². The number of unbranched alkanes of at least 4 members (excludes halogenated alkanes) is 61. The number of ether oxygens (including phenoxy) is 4. The van der Waals surface area contributed by atoms with Crippen molar-refractivity contribution in [1.29, 1.82) is 0 Å². The predicted octanol–water partition coefficient (Wildman–Crippen LogP) is 27.9. The quantitative estimate of drug-likeness (QED) is 0.0222. The number of rotatable bonds is 90. The molecule has 0 heterocycles. The van der Waals surface area contributed by atoms with Gasteiger partial charge in [0.1, 0.15) is 19.3 Å². The van der Waals surface area contributed by atoms with Gasteiger partial charge in [-0.2, -0.15) is 0 Å². The highest BCUT2D eigenvalue weighted by Gasteiger charge is 2.31. The average Bonchev–Trinajstić information content (AvgIpc) is 0.899. The van der Waals surface area contributed by atoms with Crippen LogP contribution in [0.3, 0.4) is 0 Å². The molecule has 0 amide bonds. The Balaban J connectivity index is 5.23. The van der Waals surface area contributed by atoms with Gasteiger partial charge in [-0.15, -0.1) is 0 Å². The van der Waals surface area contributed by atoms with Gasteiger partial charge in [-0.05, 0) is 31.6 Å². The van der Waals surface area contributed by atoms with E-state index in [0.717, 1.165) is 95.8 Å². The van der Waals surface area contributed by atoms with E-state index in [2.05, 4.69) is 34.6 Å². The molecule has 6 atom stereocenters. The molecule has 0 spiro atoms. The molecule has 109 heavy (non-hydrogen) atoms. The highest BCUT2D eigenvalue weighted by Crippen LogP contribution is 2.45. The van der Waals surface area contributed by atoms with Crippen LogP contribution in [-0.4, -0.2) is 96.7 Å². The highest BCUT2D eigenvalue weighted by molar-refractivity contribution is 7.47. The summed E-state index contributed by atoms with van der Waals surface area (Å²) in [6.07, 6.45) is 77.7. The Labute approximate surface area is 670 Å². The van der Waals surface area contributed by atoms with Gasteiger partial charge in [0.05, 0.1) is 26.4 Å². The number of phosphoric acid groups is 2. The van der Waals surface area contributed by atoms with Crippen LogP contribution in [0.15, 0.2) is 0 Å². The molecule has 19 heteroatoms. The fraction of sp³-hybridized carbons (Fsp3) is 0.956. The molecule has 17 nitrogen and oxygen atoms in total. The minimum Gasteiger partial charge on any atom is -0.462 e. The molecule has 0 saturated carbocycles. The zero-order valence-electron chi connectivity index (χ0n) is 71.7. The molecule has 0 aromatic heterocycles. The summed E-state index contributed by atoms with van der Waals surface area (Å²) in [5, 5.41) is 10.7. The van der Waals surface area contributed by atoms with E-state index in [9.17, 15) is 43.2 Å². The normalized spacial score (nSPS) is 13.9. The summed E-state index contributed by atoms with van der Waals surface area (Å²) in [7, 11) is -9.93. The standard InChI is InChI=1S/C90H176O17P2/c1-6-10-13-16-19-22-25-27-29-31-36-40-44-49-54-59-64-69-74-88(93)101-80-86(107-90(95)76-71-66-61-56-51-46-42-38-34-33-35-39-43-48-52-57-62-67-72-83(5)9-4)82-105-109(98,99)103-78-84(91)77-102-108(96,97)104-81-85(79-100-87(92)73-68-63-58-53-47-24-21-18-15-12-8-3)106-89(94)75-70-65-60-55-50-45-41-37-32-30-28-26-23-20-17-14-11-7-2/h83-86,91H,6-82H2,1-5H3,(H,96,97)(H,98,99)/t83?,84-,85+,86+/m0/s1. The van der Waals surface area contributed by atoms with E-state index in [0.29, 0.717) is 25.7 Å². The summed E-state index contributed by atoms with van der Waals surface area (Å²) in [4.78, 5) is 73.4. The van der Waals surface area contributed by atoms with Gasteiger partial charge in [-0.1, -0.05) is 439 Å². The zero-order chi connectivity index (χ0) is 79.7. The fourth-order valence-electron chi connectivity index (χ4n) is 14.1. The van der Waals surface area contributed by atoms with Crippen molar-refractivity contribution in [2.24, 2.45) is 5.92 Å². The maximum atomic E-state index is 13.2. The van der Waals surface area contributed by atoms with Crippen LogP contribution in [0.25, 0.3) is 0 Å². The van der Waals surface area contributed by atoms with Crippen LogP contribution in [0.1, 0.15) is 490 Å². The third-order valence-corrected chi connectivity index (χ3v) is 23.5. The number of aliphatic hydroxyl groups excluding tert-OH is 1. The van der Waals surface area contributed by atoms with Crippen LogP contribution < -0.4 is 0 Å². The van der Waals surface area contributed by atoms with E-state index in [1.54, 1.807) is 0 Å². The van der Waals surface area contributed by atoms with Gasteiger partial charge in [0.2, 0.25) is 0 Å². The van der Waals surface area contributed by atoms with Crippen LogP contribution in [0.2, 0.25) is 0 Å². The monoisotopic (exact) mass is 1590 g/mol. The Kier molecular flexibility index (Phi) is 81.1. The van der Waals surface area contributed by atoms with Gasteiger partial charge in [-0.3, -0.25) is 37.3 Å². The molecule has 0 fully saturated rings. The number of carbonyl (C=O) groups excluding carboxylic acids is 4. The third-order valence-electron chi connectivity index (χ3n) is 21.6. The lowest BCUT2D eigenvalue weighted by atomic mass is 9.99. The van der Waals surface area contributed by atoms with Gasteiger partial charge in [-0.25, -0.2) is 9.13 Å². The van der Waals surface area contributed by atoms with Crippen molar-refractivity contribution in [3.8, 4) is 0 Å². The number of hydrogen-bond donors (Lipinski definition) is 3. The average molecular weight is 1590 g/mol. The minimum atomic E-state index is -4.97. The predicted molar refractivity (Wildman–Crippen MR) is 451 cm³/mol. The van der Waals surface area contributed by atoms with Crippen molar-refractivity contribution in [1.82, 2.24) is 0 Å². The Morgan fingerprint density at radius 2 is 0.440 bits per heavy atom. The van der Waals surface area contributed by atoms with E-state index >= 15 is 0 Å². The Morgan fingerprint density at radius 1 is 0.257 bits per heavy atom. The second-order valence-corrected chi connectivity index (χ2v) is 35.5. The molecule has 0 saturated heterocycles. The number of esters is 4. The van der Waals surface area contributed by atoms with E-state index in [1.807, 2.05) is 0 Å². The third kappa shape index (κ3) is 82.4. The van der Waals surface area contributed by atoms with Crippen molar-refractivity contribution >= 4 is 39.5 Å². The van der Waals surface area contributed by atoms with Crippen molar-refractivity contribution in [2.45, 2.75) is 509 Å². The molecular weight excluding hydrogens is 1410 g/mol. The van der Waals surface area contributed by atoms with Crippen LogP contribution in [-0.2, 0) is 65.4 Å². The topological polar surface area (TPSA) is 237 Å². The van der Waals surface area contributed by atoms with Gasteiger partial charge >= 0.3 is 39.5 Å². The lowest BCUT2D eigenvalue weighted by molar-refractivity contribution is -0.161. The first-order chi connectivity index (χ1) is 53.1. The molecule has 0 aromatic rings. The first kappa shape index (κ1) is 107. The number of aliphatic hydroxyl groups is 1. The maximum absolute atomic E-state index is 13.2. The van der Waals surface area contributed by atoms with Gasteiger partial charge in [0, 0.05) is 25.7 Å². The van der Waals surface area contributed by atoms with Crippen molar-refractivity contribution in [3.63, 3.8) is 0 Å². The molecule has 0 radical (unpaired) electrons. The molecule has 648 valence electrons. The largest absolute Gasteiger partial charge is 0.472 e. The van der Waals surface area contributed by atoms with E-state index in [4.69, 9.17) is 37.0 Å². The highest BCUT2D eigenvalue weighted by atomic mass is 31.2. The van der Waals surface area contributed by atoms with Crippen molar-refractivity contribution < 1.29 is 80.2 Å². The van der Waals surface area contributed by atoms with Crippen LogP contribution in [0.5, 0.6) is 0 Å². The Morgan fingerprint density at radius 3 is 0.651 bits per heavy atom. The second-order valence-electron chi connectivity index (χ2n) is 32.6. The Hall–Kier alpha value is -1.94. The molecule has 0 aromatic carbocycles. The minimum absolute atomic E-state index is 0.109. The molecule has 0 aliphatic rings. The van der Waals surface area contributed by atoms with Crippen molar-refractivity contribution in [3.05, 3.63) is 0 Å². The number of carbonyl (C=O) groups is 4. The summed E-state index contributed by atoms with van der Waals surface area (Å²) in [6, 6.07) is 0. The summed E-state index contributed by atoms with van der Waals surface area (Å²) in [5.41, 5.74) is 0. The lowest BCUT2D eigenvalue weighted by Crippen LogP contribution is -2.30. The number of hydrogen-bond acceptors (Lipinski definition) is 15. The van der Waals surface area contributed by atoms with Gasteiger partial charge < -0.3 is 33.8 Å². The molecule has 0 rings (SSSR count). The summed E-state index contributed by atoms with van der Waals surface area (Å²) in [5.74, 6) is -1.22.